The summed E-state index contributed by atoms with van der Waals surface area (Å²) in [6.07, 6.45) is 0. The number of nitrogen functional groups attached to an aromatic ring is 1. The van der Waals surface area contributed by atoms with Crippen molar-refractivity contribution in [3.8, 4) is 0 Å². The summed E-state index contributed by atoms with van der Waals surface area (Å²) < 4.78 is 12.4. The lowest BCUT2D eigenvalue weighted by molar-refractivity contribution is 0.0995. The average Bonchev–Trinajstić information content (AvgIpc) is 1.94. The van der Waals surface area contributed by atoms with E-state index in [4.69, 9.17) is 11.5 Å². The average molecular weight is 155 g/mol. The molecule has 0 spiro atoms. The molecule has 0 bridgehead atoms. The summed E-state index contributed by atoms with van der Waals surface area (Å²) in [6, 6.07) is 2.22. The van der Waals surface area contributed by atoms with Gasteiger partial charge in [-0.2, -0.15) is 0 Å². The molecule has 1 aromatic heterocycles. The van der Waals surface area contributed by atoms with Crippen molar-refractivity contribution in [1.29, 1.82) is 0 Å². The number of rotatable bonds is 1. The van der Waals surface area contributed by atoms with Crippen LogP contribution in [0.3, 0.4) is 0 Å². The molecule has 0 aliphatic carbocycles. The summed E-state index contributed by atoms with van der Waals surface area (Å²) in [7, 11) is 0. The molecule has 0 radical (unpaired) electrons. The lowest BCUT2D eigenvalue weighted by atomic mass is 10.3. The zero-order chi connectivity index (χ0) is 8.43. The summed E-state index contributed by atoms with van der Waals surface area (Å²) in [6.45, 7) is 0. The number of nitrogens with zero attached hydrogens (tertiary/aromatic N) is 1. The number of hydrogen-bond donors (Lipinski definition) is 2. The van der Waals surface area contributed by atoms with Crippen LogP contribution in [0.2, 0.25) is 0 Å². The van der Waals surface area contributed by atoms with Crippen LogP contribution in [-0.2, 0) is 0 Å². The molecule has 11 heavy (non-hydrogen) atoms. The van der Waals surface area contributed by atoms with Crippen LogP contribution in [0.4, 0.5) is 10.2 Å². The molecule has 4 N–H and O–H groups in total. The zero-order valence-corrected chi connectivity index (χ0v) is 5.54. The van der Waals surface area contributed by atoms with E-state index < -0.39 is 11.7 Å². The Morgan fingerprint density at radius 2 is 2.18 bits per heavy atom. The topological polar surface area (TPSA) is 82.0 Å². The van der Waals surface area contributed by atoms with Crippen molar-refractivity contribution in [2.45, 2.75) is 0 Å². The fraction of sp³-hybridized carbons (Fsp3) is 0. The van der Waals surface area contributed by atoms with Gasteiger partial charge in [0, 0.05) is 0 Å². The minimum Gasteiger partial charge on any atom is -0.381 e. The molecule has 5 heteroatoms. The molecule has 0 unspecified atom stereocenters. The predicted molar refractivity (Wildman–Crippen MR) is 37.1 cm³/mol. The molecule has 58 valence electrons. The zero-order valence-electron chi connectivity index (χ0n) is 5.54. The van der Waals surface area contributed by atoms with Gasteiger partial charge < -0.3 is 11.5 Å². The predicted octanol–water partition coefficient (Wildman–Crippen LogP) is -0.0982. The van der Waals surface area contributed by atoms with Crippen molar-refractivity contribution < 1.29 is 9.18 Å². The maximum absolute atomic E-state index is 12.4. The second kappa shape index (κ2) is 2.53. The Labute approximate surface area is 62.0 Å². The third-order valence-electron chi connectivity index (χ3n) is 1.13. The highest BCUT2D eigenvalue weighted by atomic mass is 19.1. The molecule has 0 aliphatic rings. The summed E-state index contributed by atoms with van der Waals surface area (Å²) in [4.78, 5) is 13.8. The second-order valence-corrected chi connectivity index (χ2v) is 1.93. The van der Waals surface area contributed by atoms with Crippen molar-refractivity contribution in [3.63, 3.8) is 0 Å². The number of pyridine rings is 1. The Kier molecular flexibility index (Phi) is 1.72. The van der Waals surface area contributed by atoms with Gasteiger partial charge in [-0.15, -0.1) is 0 Å². The molecule has 0 aliphatic heterocycles. The third kappa shape index (κ3) is 1.43. The van der Waals surface area contributed by atoms with Gasteiger partial charge in [0.05, 0.1) is 0 Å². The van der Waals surface area contributed by atoms with Crippen LogP contribution in [0, 0.1) is 5.82 Å². The molecule has 4 nitrogen and oxygen atoms in total. The molecule has 1 aromatic rings. The summed E-state index contributed by atoms with van der Waals surface area (Å²) in [5, 5.41) is 0. The maximum Gasteiger partial charge on any atom is 0.267 e. The van der Waals surface area contributed by atoms with Gasteiger partial charge in [-0.05, 0) is 12.1 Å². The van der Waals surface area contributed by atoms with E-state index in [9.17, 15) is 9.18 Å². The number of carbonyl (C=O) groups is 1. The molecule has 1 rings (SSSR count). The van der Waals surface area contributed by atoms with E-state index in [1.807, 2.05) is 0 Å². The first kappa shape index (κ1) is 7.46. The number of amides is 1. The number of primary amides is 1. The van der Waals surface area contributed by atoms with Crippen LogP contribution in [0.25, 0.3) is 0 Å². The monoisotopic (exact) mass is 155 g/mol. The smallest absolute Gasteiger partial charge is 0.267 e. The molecular weight excluding hydrogens is 149 g/mol. The van der Waals surface area contributed by atoms with Crippen LogP contribution in [-0.4, -0.2) is 10.9 Å². The van der Waals surface area contributed by atoms with Crippen molar-refractivity contribution in [2.75, 3.05) is 5.73 Å². The fourth-order valence-electron chi connectivity index (χ4n) is 0.595. The van der Waals surface area contributed by atoms with E-state index in [1.54, 1.807) is 0 Å². The lowest BCUT2D eigenvalue weighted by Gasteiger charge is -1.96. The first-order chi connectivity index (χ1) is 5.11. The van der Waals surface area contributed by atoms with Gasteiger partial charge in [-0.25, -0.2) is 9.37 Å². The standard InChI is InChI=1S/C6H6FN3O/c7-3-1-2-4(6(9)11)10-5(3)8/h1-2H,(H2,8,10)(H2,9,11). The lowest BCUT2D eigenvalue weighted by Crippen LogP contribution is -2.14. The Balaban J connectivity index is 3.15. The SMILES string of the molecule is NC(=O)c1ccc(F)c(N)n1. The number of nitrogens with two attached hydrogens (primary N) is 2. The van der Waals surface area contributed by atoms with Crippen molar-refractivity contribution in [1.82, 2.24) is 4.98 Å². The van der Waals surface area contributed by atoms with E-state index in [-0.39, 0.29) is 11.5 Å². The van der Waals surface area contributed by atoms with Crippen LogP contribution in [0.15, 0.2) is 12.1 Å². The van der Waals surface area contributed by atoms with Crippen LogP contribution < -0.4 is 11.5 Å². The first-order valence-electron chi connectivity index (χ1n) is 2.83. The maximum atomic E-state index is 12.4. The number of aromatic nitrogens is 1. The molecule has 1 heterocycles. The van der Waals surface area contributed by atoms with Gasteiger partial charge in [0.2, 0.25) is 0 Å². The van der Waals surface area contributed by atoms with Crippen molar-refractivity contribution >= 4 is 11.7 Å². The van der Waals surface area contributed by atoms with Gasteiger partial charge in [0.25, 0.3) is 5.91 Å². The Morgan fingerprint density at radius 1 is 1.55 bits per heavy atom. The van der Waals surface area contributed by atoms with E-state index >= 15 is 0 Å². The molecule has 0 aromatic carbocycles. The summed E-state index contributed by atoms with van der Waals surface area (Å²) >= 11 is 0. The Hall–Kier alpha value is -1.65. The van der Waals surface area contributed by atoms with Crippen molar-refractivity contribution in [2.24, 2.45) is 5.73 Å². The van der Waals surface area contributed by atoms with Gasteiger partial charge >= 0.3 is 0 Å². The van der Waals surface area contributed by atoms with Crippen molar-refractivity contribution in [3.05, 3.63) is 23.6 Å². The number of hydrogen-bond acceptors (Lipinski definition) is 3. The largest absolute Gasteiger partial charge is 0.381 e. The highest BCUT2D eigenvalue weighted by Gasteiger charge is 2.04. The van der Waals surface area contributed by atoms with Gasteiger partial charge in [-0.1, -0.05) is 0 Å². The van der Waals surface area contributed by atoms with E-state index in [2.05, 4.69) is 4.98 Å². The number of halogens is 1. The van der Waals surface area contributed by atoms with Crippen LogP contribution in [0.5, 0.6) is 0 Å². The molecule has 1 amide bonds. The summed E-state index contributed by atoms with van der Waals surface area (Å²) in [5.74, 6) is -1.70. The minimum atomic E-state index is -0.725. The molecule has 0 atom stereocenters. The molecule has 0 saturated carbocycles. The summed E-state index contributed by atoms with van der Waals surface area (Å²) in [5.41, 5.74) is 9.88. The van der Waals surface area contributed by atoms with Gasteiger partial charge in [-0.3, -0.25) is 4.79 Å². The molecular formula is C6H6FN3O. The Bertz CT molecular complexity index is 300. The second-order valence-electron chi connectivity index (χ2n) is 1.93. The van der Waals surface area contributed by atoms with Crippen LogP contribution >= 0.6 is 0 Å². The fourth-order valence-corrected chi connectivity index (χ4v) is 0.595. The van der Waals surface area contributed by atoms with Gasteiger partial charge in [0.15, 0.2) is 11.6 Å². The molecule has 0 saturated heterocycles. The Morgan fingerprint density at radius 3 is 2.64 bits per heavy atom. The minimum absolute atomic E-state index is 0.0381. The third-order valence-corrected chi connectivity index (χ3v) is 1.13. The van der Waals surface area contributed by atoms with Gasteiger partial charge in [0.1, 0.15) is 5.69 Å². The van der Waals surface area contributed by atoms with E-state index in [1.165, 1.54) is 6.07 Å². The number of carbonyl (C=O) groups excluding carboxylic acids is 1. The highest BCUT2D eigenvalue weighted by Crippen LogP contribution is 2.06. The normalized spacial score (nSPS) is 9.55. The highest BCUT2D eigenvalue weighted by molar-refractivity contribution is 5.91. The van der Waals surface area contributed by atoms with E-state index in [0.29, 0.717) is 0 Å². The van der Waals surface area contributed by atoms with Crippen LogP contribution in [0.1, 0.15) is 10.5 Å². The molecule has 0 fully saturated rings. The first-order valence-corrected chi connectivity index (χ1v) is 2.83. The quantitative estimate of drug-likeness (QED) is 0.594. The number of anilines is 1. The van der Waals surface area contributed by atoms with E-state index in [0.717, 1.165) is 6.07 Å².